The Kier molecular flexibility index (Phi) is 6.84. The summed E-state index contributed by atoms with van der Waals surface area (Å²) in [6.45, 7) is 2.62. The Labute approximate surface area is 119 Å². The second kappa shape index (κ2) is 8.15. The van der Waals surface area contributed by atoms with Crippen LogP contribution in [-0.4, -0.2) is 32.8 Å². The summed E-state index contributed by atoms with van der Waals surface area (Å²) >= 11 is 6.14. The van der Waals surface area contributed by atoms with Crippen LogP contribution in [0.15, 0.2) is 24.3 Å². The molecule has 0 bridgehead atoms. The predicted molar refractivity (Wildman–Crippen MR) is 75.3 cm³/mol. The first-order valence-corrected chi connectivity index (χ1v) is 6.55. The molecule has 5 heteroatoms. The molecule has 1 aromatic carbocycles. The Morgan fingerprint density at radius 2 is 2.05 bits per heavy atom. The molecular formula is C14H20ClNO3. The Hall–Kier alpha value is -1.10. The number of halogens is 1. The molecule has 0 amide bonds. The van der Waals surface area contributed by atoms with Gasteiger partial charge in [0.1, 0.15) is 6.04 Å². The van der Waals surface area contributed by atoms with Gasteiger partial charge in [-0.1, -0.05) is 29.8 Å². The van der Waals surface area contributed by atoms with E-state index in [0.717, 1.165) is 12.0 Å². The van der Waals surface area contributed by atoms with Crippen LogP contribution in [0.4, 0.5) is 0 Å². The maximum atomic E-state index is 11.9. The number of hydrogen-bond acceptors (Lipinski definition) is 4. The van der Waals surface area contributed by atoms with Crippen molar-refractivity contribution in [2.45, 2.75) is 25.4 Å². The van der Waals surface area contributed by atoms with Gasteiger partial charge in [0, 0.05) is 24.8 Å². The number of rotatable bonds is 7. The Morgan fingerprint density at radius 1 is 1.37 bits per heavy atom. The lowest BCUT2D eigenvalue weighted by atomic mass is 10.1. The Morgan fingerprint density at radius 3 is 2.63 bits per heavy atom. The first-order valence-electron chi connectivity index (χ1n) is 6.17. The van der Waals surface area contributed by atoms with Crippen molar-refractivity contribution < 1.29 is 14.3 Å². The van der Waals surface area contributed by atoms with Crippen LogP contribution in [0.5, 0.6) is 0 Å². The zero-order chi connectivity index (χ0) is 14.3. The van der Waals surface area contributed by atoms with Crippen molar-refractivity contribution >= 4 is 17.6 Å². The van der Waals surface area contributed by atoms with E-state index in [4.69, 9.17) is 21.1 Å². The number of hydrogen-bond donors (Lipinski definition) is 1. The standard InChI is InChI=1S/C14H20ClNO3/c1-10(8-9-18-2)16-13(14(17)19-3)11-6-4-5-7-12(11)15/h4-7,10,13,16H,8-9H2,1-3H3/t10-,13-/m1/s1. The molecule has 0 aliphatic heterocycles. The topological polar surface area (TPSA) is 47.6 Å². The largest absolute Gasteiger partial charge is 0.468 e. The minimum Gasteiger partial charge on any atom is -0.468 e. The van der Waals surface area contributed by atoms with Crippen LogP contribution in [0.2, 0.25) is 5.02 Å². The molecule has 0 heterocycles. The van der Waals surface area contributed by atoms with E-state index in [0.29, 0.717) is 11.6 Å². The normalized spacial score (nSPS) is 13.9. The van der Waals surface area contributed by atoms with Crippen LogP contribution in [0.1, 0.15) is 24.9 Å². The monoisotopic (exact) mass is 285 g/mol. The minimum absolute atomic E-state index is 0.111. The van der Waals surface area contributed by atoms with Crippen molar-refractivity contribution in [3.8, 4) is 0 Å². The molecule has 0 aromatic heterocycles. The summed E-state index contributed by atoms with van der Waals surface area (Å²) in [5.74, 6) is -0.350. The van der Waals surface area contributed by atoms with E-state index in [1.807, 2.05) is 25.1 Å². The summed E-state index contributed by atoms with van der Waals surface area (Å²) in [6.07, 6.45) is 0.800. The highest BCUT2D eigenvalue weighted by Gasteiger charge is 2.24. The average molecular weight is 286 g/mol. The summed E-state index contributed by atoms with van der Waals surface area (Å²) < 4.78 is 9.86. The van der Waals surface area contributed by atoms with E-state index >= 15 is 0 Å². The Balaban J connectivity index is 2.84. The molecular weight excluding hydrogens is 266 g/mol. The molecule has 1 aromatic rings. The zero-order valence-electron chi connectivity index (χ0n) is 11.5. The Bertz CT molecular complexity index is 411. The third-order valence-corrected chi connectivity index (χ3v) is 3.20. The van der Waals surface area contributed by atoms with Crippen LogP contribution >= 0.6 is 11.6 Å². The fourth-order valence-electron chi connectivity index (χ4n) is 1.77. The number of carbonyl (C=O) groups excluding carboxylic acids is 1. The predicted octanol–water partition coefficient (Wildman–Crippen LogP) is 2.57. The fourth-order valence-corrected chi connectivity index (χ4v) is 2.02. The second-order valence-corrected chi connectivity index (χ2v) is 4.73. The molecule has 19 heavy (non-hydrogen) atoms. The van der Waals surface area contributed by atoms with Gasteiger partial charge in [0.25, 0.3) is 0 Å². The quantitative estimate of drug-likeness (QED) is 0.782. The first-order chi connectivity index (χ1) is 9.10. The highest BCUT2D eigenvalue weighted by atomic mass is 35.5. The third-order valence-electron chi connectivity index (χ3n) is 2.86. The van der Waals surface area contributed by atoms with Gasteiger partial charge in [-0.25, -0.2) is 4.79 Å². The van der Waals surface area contributed by atoms with Crippen molar-refractivity contribution in [3.05, 3.63) is 34.9 Å². The number of ether oxygens (including phenoxy) is 2. The SMILES string of the molecule is COCC[C@@H](C)N[C@@H](C(=O)OC)c1ccccc1Cl. The summed E-state index contributed by atoms with van der Waals surface area (Å²) in [4.78, 5) is 11.9. The van der Waals surface area contributed by atoms with E-state index in [2.05, 4.69) is 5.32 Å². The van der Waals surface area contributed by atoms with Crippen LogP contribution in [0.3, 0.4) is 0 Å². The van der Waals surface area contributed by atoms with Crippen LogP contribution in [-0.2, 0) is 14.3 Å². The summed E-state index contributed by atoms with van der Waals surface area (Å²) in [5.41, 5.74) is 0.722. The number of nitrogens with one attached hydrogen (secondary N) is 1. The van der Waals surface area contributed by atoms with Gasteiger partial charge in [-0.3, -0.25) is 5.32 Å². The summed E-state index contributed by atoms with van der Waals surface area (Å²) in [5, 5.41) is 3.77. The third kappa shape index (κ3) is 4.82. The zero-order valence-corrected chi connectivity index (χ0v) is 12.2. The van der Waals surface area contributed by atoms with Crippen molar-refractivity contribution in [3.63, 3.8) is 0 Å². The number of carbonyl (C=O) groups is 1. The average Bonchev–Trinajstić information content (AvgIpc) is 2.42. The second-order valence-electron chi connectivity index (χ2n) is 4.33. The maximum absolute atomic E-state index is 11.9. The first kappa shape index (κ1) is 16.0. The van der Waals surface area contributed by atoms with E-state index in [1.54, 1.807) is 13.2 Å². The van der Waals surface area contributed by atoms with Crippen molar-refractivity contribution in [2.24, 2.45) is 0 Å². The number of esters is 1. The van der Waals surface area contributed by atoms with Crippen LogP contribution < -0.4 is 5.32 Å². The molecule has 0 saturated heterocycles. The smallest absolute Gasteiger partial charge is 0.327 e. The van der Waals surface area contributed by atoms with Crippen molar-refractivity contribution in [1.82, 2.24) is 5.32 Å². The van der Waals surface area contributed by atoms with Crippen molar-refractivity contribution in [1.29, 1.82) is 0 Å². The van der Waals surface area contributed by atoms with E-state index in [1.165, 1.54) is 7.11 Å². The van der Waals surface area contributed by atoms with Crippen LogP contribution in [0, 0.1) is 0 Å². The van der Waals surface area contributed by atoms with E-state index in [-0.39, 0.29) is 12.0 Å². The number of benzene rings is 1. The lowest BCUT2D eigenvalue weighted by molar-refractivity contribution is -0.143. The molecule has 0 aliphatic carbocycles. The highest BCUT2D eigenvalue weighted by molar-refractivity contribution is 6.31. The van der Waals surface area contributed by atoms with Gasteiger partial charge in [-0.05, 0) is 25.0 Å². The molecule has 2 atom stereocenters. The lowest BCUT2D eigenvalue weighted by Crippen LogP contribution is -2.36. The molecule has 0 saturated carbocycles. The van der Waals surface area contributed by atoms with Crippen molar-refractivity contribution in [2.75, 3.05) is 20.8 Å². The van der Waals surface area contributed by atoms with E-state index in [9.17, 15) is 4.79 Å². The maximum Gasteiger partial charge on any atom is 0.327 e. The molecule has 0 unspecified atom stereocenters. The summed E-state index contributed by atoms with van der Waals surface area (Å²) in [6, 6.07) is 6.80. The van der Waals surface area contributed by atoms with Gasteiger partial charge < -0.3 is 9.47 Å². The molecule has 0 spiro atoms. The molecule has 0 fully saturated rings. The van der Waals surface area contributed by atoms with Gasteiger partial charge in [-0.15, -0.1) is 0 Å². The fraction of sp³-hybridized carbons (Fsp3) is 0.500. The minimum atomic E-state index is -0.564. The van der Waals surface area contributed by atoms with E-state index < -0.39 is 6.04 Å². The molecule has 1 N–H and O–H groups in total. The van der Waals surface area contributed by atoms with Gasteiger partial charge >= 0.3 is 5.97 Å². The molecule has 4 nitrogen and oxygen atoms in total. The van der Waals surface area contributed by atoms with Gasteiger partial charge in [0.05, 0.1) is 7.11 Å². The molecule has 1 rings (SSSR count). The molecule has 106 valence electrons. The number of methoxy groups -OCH3 is 2. The van der Waals surface area contributed by atoms with Gasteiger partial charge in [0.2, 0.25) is 0 Å². The molecule has 0 radical (unpaired) electrons. The van der Waals surface area contributed by atoms with Gasteiger partial charge in [0.15, 0.2) is 0 Å². The van der Waals surface area contributed by atoms with Crippen LogP contribution in [0.25, 0.3) is 0 Å². The molecule has 0 aliphatic rings. The van der Waals surface area contributed by atoms with Gasteiger partial charge in [-0.2, -0.15) is 0 Å². The summed E-state index contributed by atoms with van der Waals surface area (Å²) in [7, 11) is 3.02. The lowest BCUT2D eigenvalue weighted by Gasteiger charge is -2.22. The highest BCUT2D eigenvalue weighted by Crippen LogP contribution is 2.24.